The molecule has 178 valence electrons. The van der Waals surface area contributed by atoms with Crippen molar-refractivity contribution in [3.05, 3.63) is 35.2 Å². The number of halogens is 2. The number of hydrogen-bond acceptors (Lipinski definition) is 7. The molecule has 0 N–H and O–H groups in total. The molecule has 8 nitrogen and oxygen atoms in total. The Hall–Kier alpha value is -2.43. The monoisotopic (exact) mass is 462 g/mol. The van der Waals surface area contributed by atoms with Gasteiger partial charge in [0.05, 0.1) is 6.54 Å². The number of fused-ring (bicyclic) bond motifs is 1. The van der Waals surface area contributed by atoms with Crippen LogP contribution in [0.15, 0.2) is 22.6 Å². The van der Waals surface area contributed by atoms with Gasteiger partial charge in [-0.25, -0.2) is 5.01 Å². The van der Waals surface area contributed by atoms with Crippen LogP contribution in [0, 0.1) is 11.8 Å². The van der Waals surface area contributed by atoms with Gasteiger partial charge in [-0.3, -0.25) is 9.80 Å². The molecular formula is C23H28F2N4O4. The summed E-state index contributed by atoms with van der Waals surface area (Å²) in [5.41, 5.74) is 1.92. The predicted molar refractivity (Wildman–Crippen MR) is 113 cm³/mol. The highest BCUT2D eigenvalue weighted by Crippen LogP contribution is 2.32. The van der Waals surface area contributed by atoms with Crippen LogP contribution in [0.5, 0.6) is 0 Å². The molecule has 4 heterocycles. The molecule has 2 aromatic rings. The van der Waals surface area contributed by atoms with Crippen molar-refractivity contribution in [1.29, 1.82) is 0 Å². The Morgan fingerprint density at radius 2 is 1.64 bits per heavy atom. The second-order valence-electron chi connectivity index (χ2n) is 8.96. The summed E-state index contributed by atoms with van der Waals surface area (Å²) >= 11 is 0. The van der Waals surface area contributed by atoms with Gasteiger partial charge < -0.3 is 13.9 Å². The largest absolute Gasteiger partial charge is 0.415 e. The minimum Gasteiger partial charge on any atom is -0.415 e. The van der Waals surface area contributed by atoms with Gasteiger partial charge in [0.1, 0.15) is 0 Å². The first kappa shape index (κ1) is 22.4. The van der Waals surface area contributed by atoms with Crippen molar-refractivity contribution in [1.82, 2.24) is 20.2 Å². The third kappa shape index (κ3) is 4.92. The third-order valence-corrected chi connectivity index (χ3v) is 6.73. The van der Waals surface area contributed by atoms with Gasteiger partial charge in [0.15, 0.2) is 0 Å². The lowest BCUT2D eigenvalue weighted by atomic mass is 9.97. The van der Waals surface area contributed by atoms with Crippen LogP contribution in [0.1, 0.15) is 53.9 Å². The molecule has 0 aliphatic carbocycles. The smallest absolute Gasteiger partial charge is 0.314 e. The number of amides is 1. The van der Waals surface area contributed by atoms with Crippen LogP contribution in [-0.2, 0) is 16.0 Å². The number of benzene rings is 1. The van der Waals surface area contributed by atoms with Gasteiger partial charge >= 0.3 is 6.43 Å². The van der Waals surface area contributed by atoms with Gasteiger partial charge in [-0.05, 0) is 55.2 Å². The summed E-state index contributed by atoms with van der Waals surface area (Å²) in [5.74, 6) is 0.145. The fraction of sp³-hybridized carbons (Fsp3) is 0.609. The zero-order valence-electron chi connectivity index (χ0n) is 18.4. The SMILES string of the molecule is O=C1c2cc(-c3nnc(C(F)F)o3)ccc2CN1N(CC1CCOCC1)CC1CCOCC1. The molecule has 0 atom stereocenters. The molecule has 3 aliphatic rings. The van der Waals surface area contributed by atoms with Crippen LogP contribution >= 0.6 is 0 Å². The van der Waals surface area contributed by atoms with E-state index in [2.05, 4.69) is 15.2 Å². The van der Waals surface area contributed by atoms with Gasteiger partial charge in [0, 0.05) is 50.6 Å². The highest BCUT2D eigenvalue weighted by atomic mass is 19.3. The number of ether oxygens (including phenoxy) is 2. The average Bonchev–Trinajstić information content (AvgIpc) is 3.45. The molecule has 2 saturated heterocycles. The number of aromatic nitrogens is 2. The molecule has 10 heteroatoms. The van der Waals surface area contributed by atoms with E-state index in [0.29, 0.717) is 29.5 Å². The molecule has 0 saturated carbocycles. The molecule has 1 aromatic heterocycles. The quantitative estimate of drug-likeness (QED) is 0.621. The summed E-state index contributed by atoms with van der Waals surface area (Å²) in [6.07, 6.45) is 1.14. The van der Waals surface area contributed by atoms with Crippen LogP contribution in [-0.4, -0.2) is 65.6 Å². The first-order valence-corrected chi connectivity index (χ1v) is 11.6. The molecule has 0 unspecified atom stereocenters. The van der Waals surface area contributed by atoms with Crippen LogP contribution in [0.3, 0.4) is 0 Å². The summed E-state index contributed by atoms with van der Waals surface area (Å²) < 4.78 is 41.8. The molecule has 3 aliphatic heterocycles. The maximum atomic E-state index is 13.5. The molecule has 33 heavy (non-hydrogen) atoms. The summed E-state index contributed by atoms with van der Waals surface area (Å²) in [6.45, 7) is 5.17. The maximum absolute atomic E-state index is 13.5. The van der Waals surface area contributed by atoms with E-state index in [1.54, 1.807) is 12.1 Å². The van der Waals surface area contributed by atoms with Crippen LogP contribution in [0.4, 0.5) is 8.78 Å². The minimum atomic E-state index is -2.83. The van der Waals surface area contributed by atoms with Crippen molar-refractivity contribution >= 4 is 5.91 Å². The number of nitrogens with zero attached hydrogens (tertiary/aromatic N) is 4. The van der Waals surface area contributed by atoms with E-state index in [-0.39, 0.29) is 11.8 Å². The van der Waals surface area contributed by atoms with Gasteiger partial charge in [-0.1, -0.05) is 6.07 Å². The number of hydrazine groups is 1. The molecule has 0 bridgehead atoms. The first-order chi connectivity index (χ1) is 16.1. The lowest BCUT2D eigenvalue weighted by Gasteiger charge is -2.38. The Balaban J connectivity index is 1.36. The molecule has 1 aromatic carbocycles. The van der Waals surface area contributed by atoms with E-state index in [9.17, 15) is 13.6 Å². The van der Waals surface area contributed by atoms with Crippen molar-refractivity contribution in [2.45, 2.75) is 38.7 Å². The lowest BCUT2D eigenvalue weighted by molar-refractivity contribution is -0.0515. The first-order valence-electron chi connectivity index (χ1n) is 11.6. The van der Waals surface area contributed by atoms with E-state index >= 15 is 0 Å². The fourth-order valence-electron chi connectivity index (χ4n) is 4.81. The third-order valence-electron chi connectivity index (χ3n) is 6.73. The standard InChI is InChI=1S/C23H28F2N4O4/c24-20(25)22-27-26-21(33-22)17-1-2-18-14-29(23(30)19(18)11-17)28(12-15-3-7-31-8-4-15)13-16-5-9-32-10-6-16/h1-2,11,15-16,20H,3-10,12-14H2. The van der Waals surface area contributed by atoms with E-state index in [4.69, 9.17) is 13.9 Å². The van der Waals surface area contributed by atoms with Crippen LogP contribution < -0.4 is 0 Å². The molecular weight excluding hydrogens is 434 g/mol. The predicted octanol–water partition coefficient (Wildman–Crippen LogP) is 3.70. The second-order valence-corrected chi connectivity index (χ2v) is 8.96. The zero-order valence-corrected chi connectivity index (χ0v) is 18.4. The lowest BCUT2D eigenvalue weighted by Crippen LogP contribution is -2.48. The summed E-state index contributed by atoms with van der Waals surface area (Å²) in [4.78, 5) is 13.5. The van der Waals surface area contributed by atoms with E-state index in [1.165, 1.54) is 0 Å². The summed E-state index contributed by atoms with van der Waals surface area (Å²) in [5, 5.41) is 11.2. The maximum Gasteiger partial charge on any atom is 0.314 e. The van der Waals surface area contributed by atoms with E-state index < -0.39 is 12.3 Å². The van der Waals surface area contributed by atoms with Crippen LogP contribution in [0.2, 0.25) is 0 Å². The Morgan fingerprint density at radius 1 is 1.00 bits per heavy atom. The summed E-state index contributed by atoms with van der Waals surface area (Å²) in [6, 6.07) is 5.25. The average molecular weight is 462 g/mol. The second kappa shape index (κ2) is 9.82. The van der Waals surface area contributed by atoms with Crippen molar-refractivity contribution in [2.75, 3.05) is 39.5 Å². The van der Waals surface area contributed by atoms with E-state index in [0.717, 1.165) is 70.8 Å². The van der Waals surface area contributed by atoms with Crippen molar-refractivity contribution < 1.29 is 27.5 Å². The number of rotatable bonds is 7. The summed E-state index contributed by atoms with van der Waals surface area (Å²) in [7, 11) is 0. The Morgan fingerprint density at radius 3 is 2.21 bits per heavy atom. The number of carbonyl (C=O) groups excluding carboxylic acids is 1. The zero-order chi connectivity index (χ0) is 22.8. The number of hydrogen-bond donors (Lipinski definition) is 0. The number of alkyl halides is 2. The Labute approximate surface area is 190 Å². The molecule has 5 rings (SSSR count). The van der Waals surface area contributed by atoms with E-state index in [1.807, 2.05) is 11.1 Å². The highest BCUT2D eigenvalue weighted by Gasteiger charge is 2.35. The Kier molecular flexibility index (Phi) is 6.66. The van der Waals surface area contributed by atoms with Gasteiger partial charge in [0.2, 0.25) is 5.89 Å². The van der Waals surface area contributed by atoms with Crippen molar-refractivity contribution in [2.24, 2.45) is 11.8 Å². The molecule has 0 spiro atoms. The van der Waals surface area contributed by atoms with Crippen molar-refractivity contribution in [3.8, 4) is 11.5 Å². The Bertz CT molecular complexity index is 953. The topological polar surface area (TPSA) is 80.9 Å². The molecule has 2 fully saturated rings. The van der Waals surface area contributed by atoms with Gasteiger partial charge in [0.25, 0.3) is 11.8 Å². The highest BCUT2D eigenvalue weighted by molar-refractivity contribution is 5.99. The van der Waals surface area contributed by atoms with Gasteiger partial charge in [-0.2, -0.15) is 8.78 Å². The molecule has 0 radical (unpaired) electrons. The van der Waals surface area contributed by atoms with Gasteiger partial charge in [-0.15, -0.1) is 10.2 Å². The number of carbonyl (C=O) groups is 1. The fourth-order valence-corrected chi connectivity index (χ4v) is 4.81. The minimum absolute atomic E-state index is 0.0133. The normalized spacial score (nSPS) is 20.2. The van der Waals surface area contributed by atoms with Crippen LogP contribution in [0.25, 0.3) is 11.5 Å². The molecule has 1 amide bonds. The van der Waals surface area contributed by atoms with Crippen molar-refractivity contribution in [3.63, 3.8) is 0 Å².